The van der Waals surface area contributed by atoms with E-state index in [1.807, 2.05) is 6.92 Å². The van der Waals surface area contributed by atoms with Crippen LogP contribution in [-0.4, -0.2) is 47.3 Å². The van der Waals surface area contributed by atoms with Gasteiger partial charge in [-0.1, -0.05) is 0 Å². The number of ether oxygens (including phenoxy) is 1. The molecule has 0 aromatic carbocycles. The van der Waals surface area contributed by atoms with Gasteiger partial charge in [-0.3, -0.25) is 9.69 Å². The maximum Gasteiger partial charge on any atom is 0.304 e. The minimum Gasteiger partial charge on any atom is -0.481 e. The van der Waals surface area contributed by atoms with Crippen LogP contribution in [0, 0.1) is 0 Å². The first-order valence-corrected chi connectivity index (χ1v) is 5.71. The second kappa shape index (κ2) is 6.21. The van der Waals surface area contributed by atoms with Gasteiger partial charge in [0.25, 0.3) is 0 Å². The Morgan fingerprint density at radius 2 is 1.88 bits per heavy atom. The zero-order valence-electron chi connectivity index (χ0n) is 11.3. The number of aliphatic carboxylic acids is 1. The minimum atomic E-state index is -0.758. The molecule has 0 heterocycles. The van der Waals surface area contributed by atoms with Gasteiger partial charge in [-0.25, -0.2) is 0 Å². The molecule has 16 heavy (non-hydrogen) atoms. The summed E-state index contributed by atoms with van der Waals surface area (Å²) in [6.45, 7) is 10.9. The smallest absolute Gasteiger partial charge is 0.304 e. The molecule has 0 aliphatic rings. The van der Waals surface area contributed by atoms with Gasteiger partial charge >= 0.3 is 5.97 Å². The van der Waals surface area contributed by atoms with Crippen molar-refractivity contribution in [1.29, 1.82) is 0 Å². The highest BCUT2D eigenvalue weighted by Crippen LogP contribution is 2.20. The van der Waals surface area contributed by atoms with Crippen molar-refractivity contribution < 1.29 is 14.6 Å². The second-order valence-corrected chi connectivity index (χ2v) is 5.19. The van der Waals surface area contributed by atoms with E-state index in [0.717, 1.165) is 0 Å². The van der Waals surface area contributed by atoms with Gasteiger partial charge < -0.3 is 9.84 Å². The van der Waals surface area contributed by atoms with Gasteiger partial charge in [0.2, 0.25) is 0 Å². The summed E-state index contributed by atoms with van der Waals surface area (Å²) >= 11 is 0. The summed E-state index contributed by atoms with van der Waals surface area (Å²) in [4.78, 5) is 12.8. The molecular weight excluding hydrogens is 206 g/mol. The summed E-state index contributed by atoms with van der Waals surface area (Å²) in [6.07, 6.45) is 0.255. The van der Waals surface area contributed by atoms with Gasteiger partial charge in [0.05, 0.1) is 12.5 Å². The lowest BCUT2D eigenvalue weighted by Gasteiger charge is -2.42. The summed E-state index contributed by atoms with van der Waals surface area (Å²) in [7, 11) is 1.68. The van der Waals surface area contributed by atoms with Crippen LogP contribution in [0.25, 0.3) is 0 Å². The minimum absolute atomic E-state index is 0.0539. The van der Waals surface area contributed by atoms with Gasteiger partial charge in [0, 0.05) is 25.2 Å². The molecule has 96 valence electrons. The maximum absolute atomic E-state index is 10.6. The third kappa shape index (κ3) is 4.94. The Kier molecular flexibility index (Phi) is 5.97. The highest BCUT2D eigenvalue weighted by Gasteiger charge is 2.29. The van der Waals surface area contributed by atoms with Crippen molar-refractivity contribution in [1.82, 2.24) is 4.90 Å². The summed E-state index contributed by atoms with van der Waals surface area (Å²) in [5.74, 6) is -0.758. The van der Waals surface area contributed by atoms with Gasteiger partial charge in [0.1, 0.15) is 0 Å². The molecular formula is C12H25NO3. The molecule has 0 aliphatic carbocycles. The van der Waals surface area contributed by atoms with Gasteiger partial charge in [-0.2, -0.15) is 0 Å². The Balaban J connectivity index is 4.60. The van der Waals surface area contributed by atoms with E-state index >= 15 is 0 Å². The Hall–Kier alpha value is -0.610. The van der Waals surface area contributed by atoms with Crippen molar-refractivity contribution in [3.63, 3.8) is 0 Å². The molecule has 2 unspecified atom stereocenters. The first-order chi connectivity index (χ1) is 7.20. The Bertz CT molecular complexity index is 223. The molecule has 1 N–H and O–H groups in total. The Morgan fingerprint density at radius 3 is 2.19 bits per heavy atom. The largest absolute Gasteiger partial charge is 0.481 e. The van der Waals surface area contributed by atoms with Crippen LogP contribution in [0.2, 0.25) is 0 Å². The van der Waals surface area contributed by atoms with Crippen molar-refractivity contribution in [2.45, 2.75) is 58.7 Å². The van der Waals surface area contributed by atoms with Crippen LogP contribution in [0.4, 0.5) is 0 Å². The molecule has 4 heteroatoms. The predicted molar refractivity (Wildman–Crippen MR) is 64.6 cm³/mol. The van der Waals surface area contributed by atoms with E-state index < -0.39 is 5.97 Å². The fourth-order valence-electron chi connectivity index (χ4n) is 1.82. The van der Waals surface area contributed by atoms with Crippen molar-refractivity contribution in [3.8, 4) is 0 Å². The number of carboxylic acid groups (broad SMARTS) is 1. The van der Waals surface area contributed by atoms with E-state index in [-0.39, 0.29) is 24.1 Å². The number of nitrogens with zero attached hydrogens (tertiary/aromatic N) is 1. The molecule has 0 saturated heterocycles. The number of methoxy groups -OCH3 is 1. The quantitative estimate of drug-likeness (QED) is 0.759. The molecule has 0 aromatic heterocycles. The summed E-state index contributed by atoms with van der Waals surface area (Å²) in [6, 6.07) is 0.198. The molecule has 0 bridgehead atoms. The molecule has 0 aromatic rings. The maximum atomic E-state index is 10.6. The lowest BCUT2D eigenvalue weighted by molar-refractivity contribution is -0.138. The van der Waals surface area contributed by atoms with Gasteiger partial charge in [-0.05, 0) is 34.6 Å². The Morgan fingerprint density at radius 1 is 1.38 bits per heavy atom. The number of carbonyl (C=O) groups is 1. The normalized spacial score (nSPS) is 16.2. The van der Waals surface area contributed by atoms with E-state index in [4.69, 9.17) is 9.84 Å². The number of hydrogen-bond donors (Lipinski definition) is 1. The van der Waals surface area contributed by atoms with Gasteiger partial charge in [-0.15, -0.1) is 0 Å². The molecule has 2 atom stereocenters. The summed E-state index contributed by atoms with van der Waals surface area (Å²) < 4.78 is 5.31. The van der Waals surface area contributed by atoms with Crippen molar-refractivity contribution in [3.05, 3.63) is 0 Å². The average molecular weight is 231 g/mol. The molecule has 0 spiro atoms. The summed E-state index contributed by atoms with van der Waals surface area (Å²) in [5, 5.41) is 8.75. The second-order valence-electron chi connectivity index (χ2n) is 5.19. The molecule has 0 fully saturated rings. The van der Waals surface area contributed by atoms with Crippen LogP contribution in [0.15, 0.2) is 0 Å². The van der Waals surface area contributed by atoms with Crippen LogP contribution >= 0.6 is 0 Å². The number of hydrogen-bond acceptors (Lipinski definition) is 3. The van der Waals surface area contributed by atoms with Crippen LogP contribution in [0.3, 0.4) is 0 Å². The number of rotatable bonds is 6. The van der Waals surface area contributed by atoms with Crippen LogP contribution in [0.1, 0.15) is 41.0 Å². The van der Waals surface area contributed by atoms with E-state index in [2.05, 4.69) is 32.6 Å². The predicted octanol–water partition coefficient (Wildman–Crippen LogP) is 1.98. The third-order valence-corrected chi connectivity index (χ3v) is 2.97. The topological polar surface area (TPSA) is 49.8 Å². The van der Waals surface area contributed by atoms with Crippen LogP contribution in [-0.2, 0) is 9.53 Å². The monoisotopic (exact) mass is 231 g/mol. The van der Waals surface area contributed by atoms with E-state index in [0.29, 0.717) is 6.54 Å². The van der Waals surface area contributed by atoms with Gasteiger partial charge in [0.15, 0.2) is 0 Å². The average Bonchev–Trinajstić information content (AvgIpc) is 2.13. The zero-order chi connectivity index (χ0) is 12.9. The molecule has 0 aliphatic heterocycles. The lowest BCUT2D eigenvalue weighted by atomic mass is 10.0. The van der Waals surface area contributed by atoms with E-state index in [9.17, 15) is 4.79 Å². The molecule has 0 saturated carbocycles. The first-order valence-electron chi connectivity index (χ1n) is 5.71. The van der Waals surface area contributed by atoms with Crippen LogP contribution < -0.4 is 0 Å². The van der Waals surface area contributed by atoms with E-state index in [1.54, 1.807) is 7.11 Å². The lowest BCUT2D eigenvalue weighted by Crippen LogP contribution is -2.52. The molecule has 4 nitrogen and oxygen atoms in total. The van der Waals surface area contributed by atoms with Crippen molar-refractivity contribution >= 4 is 5.97 Å². The standard InChI is InChI=1S/C12H25NO3/c1-9(10(2)16-6)13(12(3,4)5)8-7-11(14)15/h9-10H,7-8H2,1-6H3,(H,14,15). The van der Waals surface area contributed by atoms with E-state index in [1.165, 1.54) is 0 Å². The van der Waals surface area contributed by atoms with Crippen molar-refractivity contribution in [2.75, 3.05) is 13.7 Å². The fraction of sp³-hybridized carbons (Fsp3) is 0.917. The fourth-order valence-corrected chi connectivity index (χ4v) is 1.82. The molecule has 0 radical (unpaired) electrons. The highest BCUT2D eigenvalue weighted by atomic mass is 16.5. The third-order valence-electron chi connectivity index (χ3n) is 2.97. The molecule has 0 amide bonds. The van der Waals surface area contributed by atoms with Crippen molar-refractivity contribution in [2.24, 2.45) is 0 Å². The highest BCUT2D eigenvalue weighted by molar-refractivity contribution is 5.66. The Labute approximate surface area is 98.6 Å². The molecule has 0 rings (SSSR count). The zero-order valence-corrected chi connectivity index (χ0v) is 11.3. The summed E-state index contributed by atoms with van der Waals surface area (Å²) in [5.41, 5.74) is -0.0539. The number of carboxylic acids is 1. The SMILES string of the molecule is COC(C)C(C)N(CCC(=O)O)C(C)(C)C. The first kappa shape index (κ1) is 15.4. The van der Waals surface area contributed by atoms with Crippen LogP contribution in [0.5, 0.6) is 0 Å².